The Morgan fingerprint density at radius 1 is 1.46 bits per heavy atom. The molecular formula is C14H13FN4O2S3. The summed E-state index contributed by atoms with van der Waals surface area (Å²) in [7, 11) is 0. The first kappa shape index (κ1) is 17.1. The Hall–Kier alpha value is -1.78. The van der Waals surface area contributed by atoms with Crippen molar-refractivity contribution < 1.29 is 14.0 Å². The van der Waals surface area contributed by atoms with Gasteiger partial charge in [-0.25, -0.2) is 13.9 Å². The van der Waals surface area contributed by atoms with E-state index in [1.54, 1.807) is 19.1 Å². The Balaban J connectivity index is 1.75. The number of hydrogen-bond donors (Lipinski definition) is 1. The van der Waals surface area contributed by atoms with Crippen molar-refractivity contribution in [3.8, 4) is 5.69 Å². The lowest BCUT2D eigenvalue weighted by molar-refractivity contribution is -0.126. The zero-order valence-corrected chi connectivity index (χ0v) is 15.0. The molecule has 0 unspecified atom stereocenters. The van der Waals surface area contributed by atoms with Crippen LogP contribution in [0.5, 0.6) is 0 Å². The van der Waals surface area contributed by atoms with Crippen molar-refractivity contribution in [2.24, 2.45) is 0 Å². The SMILES string of the molecule is C[C@H](Sc1nn(-c2ccc(F)cc2)c(=S)s1)C(=O)N1CCNC1=O. The van der Waals surface area contributed by atoms with Crippen LogP contribution in [0.3, 0.4) is 0 Å². The fraction of sp³-hybridized carbons (Fsp3) is 0.286. The van der Waals surface area contributed by atoms with Crippen LogP contribution >= 0.6 is 35.3 Å². The summed E-state index contributed by atoms with van der Waals surface area (Å²) in [6, 6.07) is 5.48. The first-order valence-electron chi connectivity index (χ1n) is 7.07. The third-order valence-corrected chi connectivity index (χ3v) is 5.75. The molecule has 3 amide bonds. The second-order valence-corrected chi connectivity index (χ2v) is 8.21. The summed E-state index contributed by atoms with van der Waals surface area (Å²) in [5.41, 5.74) is 0.655. The van der Waals surface area contributed by atoms with E-state index in [2.05, 4.69) is 10.4 Å². The molecule has 0 aliphatic carbocycles. The lowest BCUT2D eigenvalue weighted by atomic mass is 10.3. The normalized spacial score (nSPS) is 15.4. The number of nitrogens with zero attached hydrogens (tertiary/aromatic N) is 3. The third kappa shape index (κ3) is 3.50. The van der Waals surface area contributed by atoms with E-state index in [0.29, 0.717) is 27.1 Å². The second-order valence-electron chi connectivity index (χ2n) is 5.00. The van der Waals surface area contributed by atoms with Crippen LogP contribution < -0.4 is 5.32 Å². The van der Waals surface area contributed by atoms with Crippen molar-refractivity contribution in [3.63, 3.8) is 0 Å². The fourth-order valence-electron chi connectivity index (χ4n) is 2.16. The van der Waals surface area contributed by atoms with Gasteiger partial charge < -0.3 is 5.32 Å². The highest BCUT2D eigenvalue weighted by Crippen LogP contribution is 2.28. The van der Waals surface area contributed by atoms with E-state index in [1.807, 2.05) is 0 Å². The molecule has 0 bridgehead atoms. The number of carbonyl (C=O) groups excluding carboxylic acids is 2. The minimum Gasteiger partial charge on any atom is -0.336 e. The number of benzene rings is 1. The molecule has 1 aromatic heterocycles. The summed E-state index contributed by atoms with van der Waals surface area (Å²) < 4.78 is 15.7. The van der Waals surface area contributed by atoms with E-state index in [1.165, 1.54) is 44.8 Å². The number of halogens is 1. The van der Waals surface area contributed by atoms with Crippen molar-refractivity contribution in [2.75, 3.05) is 13.1 Å². The minimum absolute atomic E-state index is 0.260. The van der Waals surface area contributed by atoms with Crippen molar-refractivity contribution in [2.45, 2.75) is 16.5 Å². The summed E-state index contributed by atoms with van der Waals surface area (Å²) in [4.78, 5) is 25.1. The number of imide groups is 1. The predicted octanol–water partition coefficient (Wildman–Crippen LogP) is 2.83. The van der Waals surface area contributed by atoms with Crippen LogP contribution in [0.2, 0.25) is 0 Å². The Labute approximate surface area is 150 Å². The highest BCUT2D eigenvalue weighted by atomic mass is 32.2. The van der Waals surface area contributed by atoms with Crippen LogP contribution in [0.4, 0.5) is 9.18 Å². The van der Waals surface area contributed by atoms with Crippen LogP contribution in [-0.4, -0.2) is 45.0 Å². The molecule has 1 fully saturated rings. The Morgan fingerprint density at radius 3 is 2.79 bits per heavy atom. The maximum Gasteiger partial charge on any atom is 0.324 e. The number of thioether (sulfide) groups is 1. The van der Waals surface area contributed by atoms with Crippen molar-refractivity contribution in [3.05, 3.63) is 34.0 Å². The molecule has 1 saturated heterocycles. The number of amides is 3. The molecule has 1 N–H and O–H groups in total. The molecule has 126 valence electrons. The monoisotopic (exact) mass is 384 g/mol. The van der Waals surface area contributed by atoms with Gasteiger partial charge in [-0.15, -0.1) is 5.10 Å². The first-order valence-corrected chi connectivity index (χ1v) is 9.18. The average Bonchev–Trinajstić information content (AvgIpc) is 3.13. The van der Waals surface area contributed by atoms with Gasteiger partial charge in [-0.05, 0) is 43.4 Å². The van der Waals surface area contributed by atoms with Crippen LogP contribution in [0.25, 0.3) is 5.69 Å². The topological polar surface area (TPSA) is 67.2 Å². The Kier molecular flexibility index (Phi) is 4.97. The molecule has 1 atom stereocenters. The van der Waals surface area contributed by atoms with E-state index < -0.39 is 5.25 Å². The average molecular weight is 384 g/mol. The molecule has 1 aliphatic heterocycles. The highest BCUT2D eigenvalue weighted by Gasteiger charge is 2.30. The van der Waals surface area contributed by atoms with Gasteiger partial charge in [0.05, 0.1) is 10.9 Å². The smallest absolute Gasteiger partial charge is 0.324 e. The number of hydrogen-bond acceptors (Lipinski definition) is 6. The summed E-state index contributed by atoms with van der Waals surface area (Å²) in [6.07, 6.45) is 0. The van der Waals surface area contributed by atoms with Crippen LogP contribution in [0.15, 0.2) is 28.6 Å². The van der Waals surface area contributed by atoms with Crippen molar-refractivity contribution >= 4 is 47.3 Å². The molecule has 0 radical (unpaired) electrons. The lowest BCUT2D eigenvalue weighted by Gasteiger charge is -2.16. The molecule has 6 nitrogen and oxygen atoms in total. The molecule has 2 heterocycles. The molecule has 2 aromatic rings. The van der Waals surface area contributed by atoms with E-state index in [-0.39, 0.29) is 17.8 Å². The molecule has 24 heavy (non-hydrogen) atoms. The number of nitrogens with one attached hydrogen (secondary N) is 1. The van der Waals surface area contributed by atoms with Gasteiger partial charge >= 0.3 is 6.03 Å². The van der Waals surface area contributed by atoms with Crippen LogP contribution in [0.1, 0.15) is 6.92 Å². The molecular weight excluding hydrogens is 371 g/mol. The fourth-order valence-corrected chi connectivity index (χ4v) is 4.72. The summed E-state index contributed by atoms with van der Waals surface area (Å²) >= 11 is 7.80. The second kappa shape index (κ2) is 6.99. The van der Waals surface area contributed by atoms with Gasteiger partial charge in [-0.1, -0.05) is 23.1 Å². The standard InChI is InChI=1S/C14H13FN4O2S3/c1-8(11(20)18-7-6-16-12(18)21)23-13-17-19(14(22)24-13)10-4-2-9(15)3-5-10/h2-5,8H,6-7H2,1H3,(H,16,21)/t8-/m0/s1. The maximum absolute atomic E-state index is 13.0. The van der Waals surface area contributed by atoms with E-state index in [9.17, 15) is 14.0 Å². The van der Waals surface area contributed by atoms with Gasteiger partial charge in [0.15, 0.2) is 8.29 Å². The Morgan fingerprint density at radius 2 is 2.17 bits per heavy atom. The number of carbonyl (C=O) groups is 2. The number of rotatable bonds is 4. The third-order valence-electron chi connectivity index (χ3n) is 3.35. The minimum atomic E-state index is -0.462. The molecule has 1 aromatic carbocycles. The first-order chi connectivity index (χ1) is 11.5. The number of urea groups is 1. The largest absolute Gasteiger partial charge is 0.336 e. The molecule has 0 saturated carbocycles. The number of aromatic nitrogens is 2. The highest BCUT2D eigenvalue weighted by molar-refractivity contribution is 8.02. The van der Waals surface area contributed by atoms with Gasteiger partial charge in [-0.2, -0.15) is 0 Å². The van der Waals surface area contributed by atoms with E-state index in [0.717, 1.165) is 0 Å². The van der Waals surface area contributed by atoms with E-state index >= 15 is 0 Å². The van der Waals surface area contributed by atoms with Gasteiger partial charge in [0, 0.05) is 13.1 Å². The van der Waals surface area contributed by atoms with Crippen molar-refractivity contribution in [1.29, 1.82) is 0 Å². The maximum atomic E-state index is 13.0. The zero-order valence-electron chi connectivity index (χ0n) is 12.6. The zero-order chi connectivity index (χ0) is 17.3. The van der Waals surface area contributed by atoms with Gasteiger partial charge in [0.1, 0.15) is 5.82 Å². The van der Waals surface area contributed by atoms with Crippen molar-refractivity contribution in [1.82, 2.24) is 20.0 Å². The quantitative estimate of drug-likeness (QED) is 0.649. The molecule has 10 heteroatoms. The van der Waals surface area contributed by atoms with Gasteiger partial charge in [0.25, 0.3) is 0 Å². The lowest BCUT2D eigenvalue weighted by Crippen LogP contribution is -2.38. The van der Waals surface area contributed by atoms with Crippen LogP contribution in [0, 0.1) is 9.77 Å². The predicted molar refractivity (Wildman–Crippen MR) is 92.7 cm³/mol. The summed E-state index contributed by atoms with van der Waals surface area (Å²) in [5, 5.41) is 6.52. The van der Waals surface area contributed by atoms with E-state index in [4.69, 9.17) is 12.2 Å². The van der Waals surface area contributed by atoms with Gasteiger partial charge in [0.2, 0.25) is 5.91 Å². The molecule has 3 rings (SSSR count). The summed E-state index contributed by atoms with van der Waals surface area (Å²) in [6.45, 7) is 2.58. The summed E-state index contributed by atoms with van der Waals surface area (Å²) in [5.74, 6) is -0.595. The molecule has 0 spiro atoms. The Bertz CT molecular complexity index is 833. The molecule has 1 aliphatic rings. The van der Waals surface area contributed by atoms with Gasteiger partial charge in [-0.3, -0.25) is 9.69 Å². The van der Waals surface area contributed by atoms with Crippen LogP contribution in [-0.2, 0) is 4.79 Å².